The summed E-state index contributed by atoms with van der Waals surface area (Å²) < 4.78 is 0. The number of hydrogen-bond acceptors (Lipinski definition) is 4. The zero-order valence-electron chi connectivity index (χ0n) is 10.6. The molecule has 3 amide bonds. The molecule has 0 aromatic rings. The maximum atomic E-state index is 11.4. The number of amides is 3. The number of nitrogens with two attached hydrogens (primary N) is 1. The lowest BCUT2D eigenvalue weighted by Crippen LogP contribution is -2.45. The van der Waals surface area contributed by atoms with Crippen LogP contribution in [0.15, 0.2) is 0 Å². The molecule has 1 atom stereocenters. The topological polar surface area (TPSA) is 139 Å². The lowest BCUT2D eigenvalue weighted by molar-refractivity contribution is -0.140. The van der Waals surface area contributed by atoms with Crippen LogP contribution < -0.4 is 16.4 Å². The number of carbonyl (C=O) groups excluding carboxylic acids is 3. The normalized spacial score (nSPS) is 11.4. The summed E-state index contributed by atoms with van der Waals surface area (Å²) in [5, 5.41) is 13.3. The molecular weight excluding hydrogens is 254 g/mol. The molecule has 108 valence electrons. The van der Waals surface area contributed by atoms with Crippen LogP contribution in [0.3, 0.4) is 0 Å². The summed E-state index contributed by atoms with van der Waals surface area (Å²) in [4.78, 5) is 42.8. The average molecular weight is 273 g/mol. The van der Waals surface area contributed by atoms with E-state index in [0.29, 0.717) is 19.4 Å². The molecule has 19 heavy (non-hydrogen) atoms. The van der Waals surface area contributed by atoms with Crippen molar-refractivity contribution in [2.75, 3.05) is 6.54 Å². The van der Waals surface area contributed by atoms with Crippen LogP contribution in [0.5, 0.6) is 0 Å². The van der Waals surface area contributed by atoms with Crippen molar-refractivity contribution in [2.45, 2.75) is 38.1 Å². The van der Waals surface area contributed by atoms with Crippen LogP contribution >= 0.6 is 0 Å². The minimum absolute atomic E-state index is 0.185. The highest BCUT2D eigenvalue weighted by Crippen LogP contribution is 2.00. The summed E-state index contributed by atoms with van der Waals surface area (Å²) in [6.45, 7) is 0.550. The Balaban J connectivity index is 3.84. The van der Waals surface area contributed by atoms with Gasteiger partial charge in [0.2, 0.25) is 18.2 Å². The molecule has 0 aliphatic rings. The predicted molar refractivity (Wildman–Crippen MR) is 65.9 cm³/mol. The molecule has 0 saturated heterocycles. The Morgan fingerprint density at radius 2 is 1.89 bits per heavy atom. The third kappa shape index (κ3) is 9.57. The maximum Gasteiger partial charge on any atom is 0.305 e. The summed E-state index contributed by atoms with van der Waals surface area (Å²) in [7, 11) is 0. The van der Waals surface area contributed by atoms with E-state index in [1.165, 1.54) is 0 Å². The van der Waals surface area contributed by atoms with Crippen LogP contribution in [0.2, 0.25) is 0 Å². The summed E-state index contributed by atoms with van der Waals surface area (Å²) >= 11 is 0. The van der Waals surface area contributed by atoms with Gasteiger partial charge in [-0.15, -0.1) is 0 Å². The molecule has 0 bridgehead atoms. The second kappa shape index (κ2) is 9.86. The first-order chi connectivity index (χ1) is 8.97. The zero-order valence-corrected chi connectivity index (χ0v) is 10.6. The van der Waals surface area contributed by atoms with Crippen molar-refractivity contribution in [2.24, 2.45) is 5.73 Å². The van der Waals surface area contributed by atoms with Gasteiger partial charge in [0, 0.05) is 13.0 Å². The number of primary amides is 1. The highest BCUT2D eigenvalue weighted by Gasteiger charge is 2.20. The summed E-state index contributed by atoms with van der Waals surface area (Å²) in [6, 6.07) is -1.18. The molecule has 0 aromatic heterocycles. The Bertz CT molecular complexity index is 332. The minimum Gasteiger partial charge on any atom is -0.481 e. The Labute approximate surface area is 110 Å². The van der Waals surface area contributed by atoms with Gasteiger partial charge < -0.3 is 21.5 Å². The van der Waals surface area contributed by atoms with Crippen LogP contribution in [-0.2, 0) is 19.2 Å². The van der Waals surface area contributed by atoms with Crippen LogP contribution in [0.1, 0.15) is 32.1 Å². The van der Waals surface area contributed by atoms with E-state index in [2.05, 4.69) is 10.6 Å². The number of carboxylic acid groups (broad SMARTS) is 1. The number of rotatable bonds is 11. The number of carboxylic acids is 1. The monoisotopic (exact) mass is 273 g/mol. The smallest absolute Gasteiger partial charge is 0.305 e. The molecule has 0 saturated carbocycles. The van der Waals surface area contributed by atoms with E-state index < -0.39 is 30.2 Å². The fourth-order valence-corrected chi connectivity index (χ4v) is 1.41. The van der Waals surface area contributed by atoms with Gasteiger partial charge in [0.15, 0.2) is 0 Å². The predicted octanol–water partition coefficient (Wildman–Crippen LogP) is -1.26. The van der Waals surface area contributed by atoms with Crippen molar-refractivity contribution in [1.29, 1.82) is 0 Å². The Morgan fingerprint density at radius 1 is 1.21 bits per heavy atom. The average Bonchev–Trinajstić information content (AvgIpc) is 2.32. The van der Waals surface area contributed by atoms with Gasteiger partial charge in [0.25, 0.3) is 0 Å². The molecule has 0 aliphatic carbocycles. The quantitative estimate of drug-likeness (QED) is 0.275. The third-order valence-electron chi connectivity index (χ3n) is 2.37. The van der Waals surface area contributed by atoms with Crippen molar-refractivity contribution in [1.82, 2.24) is 10.6 Å². The maximum absolute atomic E-state index is 11.4. The van der Waals surface area contributed by atoms with Gasteiger partial charge in [-0.05, 0) is 12.8 Å². The Morgan fingerprint density at radius 3 is 2.42 bits per heavy atom. The van der Waals surface area contributed by atoms with Crippen molar-refractivity contribution in [3.8, 4) is 0 Å². The molecule has 8 nitrogen and oxygen atoms in total. The second-order valence-corrected chi connectivity index (χ2v) is 4.00. The van der Waals surface area contributed by atoms with E-state index in [0.717, 1.165) is 12.8 Å². The van der Waals surface area contributed by atoms with Crippen LogP contribution in [0.25, 0.3) is 0 Å². The van der Waals surface area contributed by atoms with Crippen LogP contribution in [0.4, 0.5) is 0 Å². The van der Waals surface area contributed by atoms with Crippen LogP contribution in [-0.4, -0.2) is 41.9 Å². The number of carbonyl (C=O) groups is 4. The fourth-order valence-electron chi connectivity index (χ4n) is 1.41. The zero-order chi connectivity index (χ0) is 14.7. The molecule has 0 rings (SSSR count). The molecule has 8 heteroatoms. The van der Waals surface area contributed by atoms with Gasteiger partial charge in [-0.3, -0.25) is 19.2 Å². The standard InChI is InChI=1S/C11H19N3O5/c12-11(19)8(6-10(17)18)14-9(16)4-2-1-3-5-13-7-15/h7-8H,1-6H2,(H2,12,19)(H,13,15)(H,14,16)(H,17,18). The van der Waals surface area contributed by atoms with E-state index in [1.54, 1.807) is 0 Å². The highest BCUT2D eigenvalue weighted by molar-refractivity contribution is 5.89. The third-order valence-corrected chi connectivity index (χ3v) is 2.37. The van der Waals surface area contributed by atoms with Gasteiger partial charge in [-0.25, -0.2) is 0 Å². The molecule has 5 N–H and O–H groups in total. The van der Waals surface area contributed by atoms with E-state index in [1.807, 2.05) is 0 Å². The van der Waals surface area contributed by atoms with Gasteiger partial charge in [0.1, 0.15) is 6.04 Å². The van der Waals surface area contributed by atoms with Crippen LogP contribution in [0, 0.1) is 0 Å². The van der Waals surface area contributed by atoms with E-state index in [4.69, 9.17) is 10.8 Å². The molecular formula is C11H19N3O5. The molecule has 0 spiro atoms. The summed E-state index contributed by atoms with van der Waals surface area (Å²) in [5.74, 6) is -2.48. The van der Waals surface area contributed by atoms with E-state index in [9.17, 15) is 19.2 Å². The van der Waals surface area contributed by atoms with Crippen molar-refractivity contribution >= 4 is 24.2 Å². The fraction of sp³-hybridized carbons (Fsp3) is 0.636. The molecule has 0 fully saturated rings. The number of aliphatic carboxylic acids is 1. The van der Waals surface area contributed by atoms with E-state index >= 15 is 0 Å². The van der Waals surface area contributed by atoms with Gasteiger partial charge in [-0.1, -0.05) is 6.42 Å². The SMILES string of the molecule is NC(=O)C(CC(=O)O)NC(=O)CCCCCNC=O. The van der Waals surface area contributed by atoms with Crippen molar-refractivity contribution in [3.05, 3.63) is 0 Å². The minimum atomic E-state index is -1.20. The highest BCUT2D eigenvalue weighted by atomic mass is 16.4. The molecule has 1 unspecified atom stereocenters. The Hall–Kier alpha value is -2.12. The Kier molecular flexibility index (Phi) is 8.76. The molecule has 0 aromatic carbocycles. The molecule has 0 aliphatic heterocycles. The second-order valence-electron chi connectivity index (χ2n) is 4.00. The first-order valence-corrected chi connectivity index (χ1v) is 5.95. The largest absolute Gasteiger partial charge is 0.481 e. The first-order valence-electron chi connectivity index (χ1n) is 5.95. The van der Waals surface area contributed by atoms with Gasteiger partial charge >= 0.3 is 5.97 Å². The first kappa shape index (κ1) is 16.9. The lowest BCUT2D eigenvalue weighted by Gasteiger charge is -2.13. The number of hydrogen-bond donors (Lipinski definition) is 4. The number of unbranched alkanes of at least 4 members (excludes halogenated alkanes) is 2. The van der Waals surface area contributed by atoms with E-state index in [-0.39, 0.29) is 6.42 Å². The van der Waals surface area contributed by atoms with Gasteiger partial charge in [0.05, 0.1) is 6.42 Å². The molecule has 0 heterocycles. The van der Waals surface area contributed by atoms with Crippen molar-refractivity contribution in [3.63, 3.8) is 0 Å². The van der Waals surface area contributed by atoms with Gasteiger partial charge in [-0.2, -0.15) is 0 Å². The summed E-state index contributed by atoms with van der Waals surface area (Å²) in [6.07, 6.45) is 2.35. The lowest BCUT2D eigenvalue weighted by atomic mass is 10.1. The van der Waals surface area contributed by atoms with Crippen molar-refractivity contribution < 1.29 is 24.3 Å². The summed E-state index contributed by atoms with van der Waals surface area (Å²) in [5.41, 5.74) is 4.98. The number of nitrogens with one attached hydrogen (secondary N) is 2. The molecule has 0 radical (unpaired) electrons.